The fourth-order valence-electron chi connectivity index (χ4n) is 1.68. The van der Waals surface area contributed by atoms with Gasteiger partial charge in [0.25, 0.3) is 0 Å². The minimum absolute atomic E-state index is 0.122. The Labute approximate surface area is 111 Å². The summed E-state index contributed by atoms with van der Waals surface area (Å²) in [4.78, 5) is 0. The molecule has 2 aromatic rings. The first-order valence-electron chi connectivity index (χ1n) is 5.71. The van der Waals surface area contributed by atoms with Crippen LogP contribution in [0.25, 0.3) is 0 Å². The van der Waals surface area contributed by atoms with Crippen LogP contribution in [0.5, 0.6) is 5.75 Å². The summed E-state index contributed by atoms with van der Waals surface area (Å²) in [7, 11) is 0. The van der Waals surface area contributed by atoms with Crippen molar-refractivity contribution in [3.05, 3.63) is 63.9 Å². The fourth-order valence-corrected chi connectivity index (χ4v) is 1.87. The van der Waals surface area contributed by atoms with E-state index in [1.807, 2.05) is 32.0 Å². The first-order chi connectivity index (χ1) is 8.58. The van der Waals surface area contributed by atoms with Crippen molar-refractivity contribution in [2.45, 2.75) is 20.5 Å². The number of aryl methyl sites for hydroxylation is 2. The SMILES string of the molecule is Cc1ccc(C)c(OCc2cccc(Cl)c2F)c1. The van der Waals surface area contributed by atoms with Crippen molar-refractivity contribution in [1.29, 1.82) is 0 Å². The van der Waals surface area contributed by atoms with Gasteiger partial charge in [-0.3, -0.25) is 0 Å². The number of rotatable bonds is 3. The Hall–Kier alpha value is -1.54. The van der Waals surface area contributed by atoms with E-state index >= 15 is 0 Å². The van der Waals surface area contributed by atoms with Crippen LogP contribution in [0.4, 0.5) is 4.39 Å². The van der Waals surface area contributed by atoms with Crippen molar-refractivity contribution in [1.82, 2.24) is 0 Å². The molecule has 18 heavy (non-hydrogen) atoms. The van der Waals surface area contributed by atoms with Crippen molar-refractivity contribution in [2.24, 2.45) is 0 Å². The van der Waals surface area contributed by atoms with Gasteiger partial charge in [0.2, 0.25) is 0 Å². The zero-order valence-corrected chi connectivity index (χ0v) is 11.1. The maximum absolute atomic E-state index is 13.7. The molecule has 0 saturated heterocycles. The van der Waals surface area contributed by atoms with E-state index in [-0.39, 0.29) is 11.6 Å². The lowest BCUT2D eigenvalue weighted by atomic mass is 10.1. The predicted octanol–water partition coefficient (Wildman–Crippen LogP) is 4.67. The first-order valence-corrected chi connectivity index (χ1v) is 6.08. The summed E-state index contributed by atoms with van der Waals surface area (Å²) in [6, 6.07) is 10.9. The Bertz CT molecular complexity index is 564. The van der Waals surface area contributed by atoms with Gasteiger partial charge >= 0.3 is 0 Å². The minimum Gasteiger partial charge on any atom is -0.489 e. The lowest BCUT2D eigenvalue weighted by molar-refractivity contribution is 0.297. The van der Waals surface area contributed by atoms with Gasteiger partial charge in [-0.2, -0.15) is 0 Å². The number of halogens is 2. The highest BCUT2D eigenvalue weighted by Gasteiger charge is 2.07. The zero-order chi connectivity index (χ0) is 13.1. The van der Waals surface area contributed by atoms with Crippen molar-refractivity contribution in [2.75, 3.05) is 0 Å². The molecule has 0 N–H and O–H groups in total. The number of hydrogen-bond acceptors (Lipinski definition) is 1. The molecule has 0 radical (unpaired) electrons. The second-order valence-corrected chi connectivity index (χ2v) is 4.68. The third-order valence-electron chi connectivity index (χ3n) is 2.76. The van der Waals surface area contributed by atoms with Gasteiger partial charge in [-0.1, -0.05) is 35.9 Å². The molecule has 0 amide bonds. The average molecular weight is 265 g/mol. The van der Waals surface area contributed by atoms with Gasteiger partial charge in [0.15, 0.2) is 0 Å². The molecule has 0 aromatic heterocycles. The van der Waals surface area contributed by atoms with E-state index in [1.54, 1.807) is 12.1 Å². The van der Waals surface area contributed by atoms with Crippen molar-refractivity contribution in [3.8, 4) is 5.75 Å². The molecule has 0 aliphatic carbocycles. The summed E-state index contributed by atoms with van der Waals surface area (Å²) in [6.07, 6.45) is 0. The Kier molecular flexibility index (Phi) is 3.87. The summed E-state index contributed by atoms with van der Waals surface area (Å²) in [6.45, 7) is 4.13. The van der Waals surface area contributed by atoms with Crippen LogP contribution in [0.1, 0.15) is 16.7 Å². The highest BCUT2D eigenvalue weighted by atomic mass is 35.5. The topological polar surface area (TPSA) is 9.23 Å². The fraction of sp³-hybridized carbons (Fsp3) is 0.200. The van der Waals surface area contributed by atoms with E-state index < -0.39 is 5.82 Å². The molecule has 94 valence electrons. The molecule has 0 fully saturated rings. The van der Waals surface area contributed by atoms with Crippen LogP contribution in [0, 0.1) is 19.7 Å². The Morgan fingerprint density at radius 3 is 2.72 bits per heavy atom. The number of benzene rings is 2. The molecule has 0 saturated carbocycles. The molecule has 0 heterocycles. The van der Waals surface area contributed by atoms with Gasteiger partial charge in [0.05, 0.1) is 5.02 Å². The number of hydrogen-bond donors (Lipinski definition) is 0. The summed E-state index contributed by atoms with van der Waals surface area (Å²) in [5.41, 5.74) is 2.61. The van der Waals surface area contributed by atoms with E-state index in [0.29, 0.717) is 5.56 Å². The van der Waals surface area contributed by atoms with Crippen molar-refractivity contribution in [3.63, 3.8) is 0 Å². The van der Waals surface area contributed by atoms with Gasteiger partial charge in [-0.25, -0.2) is 4.39 Å². The monoisotopic (exact) mass is 264 g/mol. The molecule has 2 aromatic carbocycles. The maximum atomic E-state index is 13.7. The first kappa shape index (κ1) is 12.9. The van der Waals surface area contributed by atoms with Crippen LogP contribution in [-0.2, 0) is 6.61 Å². The molecule has 2 rings (SSSR count). The molecule has 0 aliphatic rings. The Balaban J connectivity index is 2.16. The highest BCUT2D eigenvalue weighted by Crippen LogP contribution is 2.23. The van der Waals surface area contributed by atoms with Crippen LogP contribution < -0.4 is 4.74 Å². The second-order valence-electron chi connectivity index (χ2n) is 4.27. The molecular weight excluding hydrogens is 251 g/mol. The summed E-state index contributed by atoms with van der Waals surface area (Å²) in [5, 5.41) is 0.122. The van der Waals surface area contributed by atoms with E-state index in [0.717, 1.165) is 16.9 Å². The van der Waals surface area contributed by atoms with Crippen LogP contribution in [0.15, 0.2) is 36.4 Å². The number of ether oxygens (including phenoxy) is 1. The van der Waals surface area contributed by atoms with Crippen LogP contribution in [-0.4, -0.2) is 0 Å². The van der Waals surface area contributed by atoms with Gasteiger partial charge < -0.3 is 4.74 Å². The normalized spacial score (nSPS) is 10.4. The van der Waals surface area contributed by atoms with Gasteiger partial charge in [-0.15, -0.1) is 0 Å². The van der Waals surface area contributed by atoms with Crippen LogP contribution >= 0.6 is 11.6 Å². The van der Waals surface area contributed by atoms with E-state index in [9.17, 15) is 4.39 Å². The molecule has 0 atom stereocenters. The minimum atomic E-state index is -0.413. The molecule has 0 unspecified atom stereocenters. The van der Waals surface area contributed by atoms with E-state index in [2.05, 4.69) is 0 Å². The van der Waals surface area contributed by atoms with Gasteiger partial charge in [-0.05, 0) is 37.1 Å². The zero-order valence-electron chi connectivity index (χ0n) is 10.3. The average Bonchev–Trinajstić information content (AvgIpc) is 2.35. The largest absolute Gasteiger partial charge is 0.489 e. The lowest BCUT2D eigenvalue weighted by Gasteiger charge is -2.11. The molecular formula is C15H14ClFO. The molecule has 0 spiro atoms. The molecule has 0 bridgehead atoms. The van der Waals surface area contributed by atoms with Gasteiger partial charge in [0.1, 0.15) is 18.2 Å². The van der Waals surface area contributed by atoms with Crippen molar-refractivity contribution >= 4 is 11.6 Å². The summed E-state index contributed by atoms with van der Waals surface area (Å²) < 4.78 is 19.3. The van der Waals surface area contributed by atoms with E-state index in [1.165, 1.54) is 6.07 Å². The summed E-state index contributed by atoms with van der Waals surface area (Å²) in [5.74, 6) is 0.360. The molecule has 1 nitrogen and oxygen atoms in total. The van der Waals surface area contributed by atoms with Crippen LogP contribution in [0.3, 0.4) is 0 Å². The molecule has 0 aliphatic heterocycles. The van der Waals surface area contributed by atoms with Gasteiger partial charge in [0, 0.05) is 5.56 Å². The summed E-state index contributed by atoms with van der Waals surface area (Å²) >= 11 is 5.72. The molecule has 3 heteroatoms. The standard InChI is InChI=1S/C15H14ClFO/c1-10-6-7-11(2)14(8-10)18-9-12-4-3-5-13(16)15(12)17/h3-8H,9H2,1-2H3. The lowest BCUT2D eigenvalue weighted by Crippen LogP contribution is -2.00. The second kappa shape index (κ2) is 5.40. The highest BCUT2D eigenvalue weighted by molar-refractivity contribution is 6.30. The quantitative estimate of drug-likeness (QED) is 0.782. The van der Waals surface area contributed by atoms with Crippen molar-refractivity contribution < 1.29 is 9.13 Å². The third kappa shape index (κ3) is 2.82. The Morgan fingerprint density at radius 1 is 1.17 bits per heavy atom. The smallest absolute Gasteiger partial charge is 0.148 e. The van der Waals surface area contributed by atoms with Crippen LogP contribution in [0.2, 0.25) is 5.02 Å². The maximum Gasteiger partial charge on any atom is 0.148 e. The third-order valence-corrected chi connectivity index (χ3v) is 3.05. The Morgan fingerprint density at radius 2 is 1.94 bits per heavy atom. The van der Waals surface area contributed by atoms with E-state index in [4.69, 9.17) is 16.3 Å². The predicted molar refractivity (Wildman–Crippen MR) is 71.7 cm³/mol.